The summed E-state index contributed by atoms with van der Waals surface area (Å²) in [6, 6.07) is 8.36. The van der Waals surface area contributed by atoms with E-state index in [0.717, 1.165) is 36.7 Å². The topological polar surface area (TPSA) is 50.1 Å². The zero-order chi connectivity index (χ0) is 13.5. The van der Waals surface area contributed by atoms with E-state index in [4.69, 9.17) is 4.42 Å². The van der Waals surface area contributed by atoms with E-state index in [9.17, 15) is 0 Å². The van der Waals surface area contributed by atoms with Crippen LogP contribution in [0.4, 0.5) is 11.5 Å². The summed E-state index contributed by atoms with van der Waals surface area (Å²) in [5, 5.41) is 6.69. The van der Waals surface area contributed by atoms with Crippen molar-refractivity contribution in [2.75, 3.05) is 17.2 Å². The molecule has 1 atom stereocenters. The highest BCUT2D eigenvalue weighted by Crippen LogP contribution is 2.15. The highest BCUT2D eigenvalue weighted by atomic mass is 16.3. The Morgan fingerprint density at radius 1 is 1.37 bits per heavy atom. The van der Waals surface area contributed by atoms with Crippen LogP contribution in [0, 0.1) is 0 Å². The van der Waals surface area contributed by atoms with Gasteiger partial charge in [0.25, 0.3) is 0 Å². The van der Waals surface area contributed by atoms with E-state index in [1.165, 1.54) is 0 Å². The van der Waals surface area contributed by atoms with Crippen LogP contribution in [0.15, 0.2) is 41.1 Å². The van der Waals surface area contributed by atoms with Crippen molar-refractivity contribution in [3.63, 3.8) is 0 Å². The molecule has 0 bridgehead atoms. The zero-order valence-corrected chi connectivity index (χ0v) is 11.5. The number of nitrogens with zero attached hydrogens (tertiary/aromatic N) is 1. The predicted octanol–water partition coefficient (Wildman–Crippen LogP) is 3.54. The number of hydrogen-bond donors (Lipinski definition) is 2. The summed E-state index contributed by atoms with van der Waals surface area (Å²) in [7, 11) is 0. The van der Waals surface area contributed by atoms with E-state index in [1.807, 2.05) is 30.5 Å². The Kier molecular flexibility index (Phi) is 4.84. The first-order chi connectivity index (χ1) is 9.28. The molecule has 0 saturated carbocycles. The molecule has 2 rings (SSSR count). The van der Waals surface area contributed by atoms with Gasteiger partial charge < -0.3 is 15.1 Å². The maximum absolute atomic E-state index is 5.34. The van der Waals surface area contributed by atoms with Crippen LogP contribution in [0.3, 0.4) is 0 Å². The SMILES string of the molecule is CCNc1cc(NC(C)CCc2ccco2)ccn1. The van der Waals surface area contributed by atoms with Gasteiger partial charge >= 0.3 is 0 Å². The molecule has 4 heteroatoms. The second-order valence-electron chi connectivity index (χ2n) is 4.62. The number of furan rings is 1. The first-order valence-corrected chi connectivity index (χ1v) is 6.76. The standard InChI is InChI=1S/C15H21N3O/c1-3-16-15-11-13(8-9-17-15)18-12(2)6-7-14-5-4-10-19-14/h4-5,8-12H,3,6-7H2,1-2H3,(H2,16,17,18). The first-order valence-electron chi connectivity index (χ1n) is 6.76. The van der Waals surface area contributed by atoms with Crippen LogP contribution in [-0.4, -0.2) is 17.6 Å². The third-order valence-corrected chi connectivity index (χ3v) is 2.93. The number of hydrogen-bond acceptors (Lipinski definition) is 4. The minimum absolute atomic E-state index is 0.391. The van der Waals surface area contributed by atoms with Gasteiger partial charge in [-0.3, -0.25) is 0 Å². The normalized spacial score (nSPS) is 12.1. The van der Waals surface area contributed by atoms with E-state index in [0.29, 0.717) is 6.04 Å². The molecule has 0 amide bonds. The summed E-state index contributed by atoms with van der Waals surface area (Å²) in [5.74, 6) is 1.95. The minimum Gasteiger partial charge on any atom is -0.469 e. The lowest BCUT2D eigenvalue weighted by atomic mass is 10.1. The summed E-state index contributed by atoms with van der Waals surface area (Å²) in [6.45, 7) is 5.12. The van der Waals surface area contributed by atoms with E-state index in [-0.39, 0.29) is 0 Å². The molecule has 2 aromatic rings. The average Bonchev–Trinajstić information content (AvgIpc) is 2.90. The summed E-state index contributed by atoms with van der Waals surface area (Å²) in [5.41, 5.74) is 1.10. The summed E-state index contributed by atoms with van der Waals surface area (Å²) in [4.78, 5) is 4.26. The second-order valence-corrected chi connectivity index (χ2v) is 4.62. The number of rotatable bonds is 7. The van der Waals surface area contributed by atoms with Gasteiger partial charge in [0.15, 0.2) is 0 Å². The monoisotopic (exact) mass is 259 g/mol. The van der Waals surface area contributed by atoms with Crippen molar-refractivity contribution in [2.24, 2.45) is 0 Å². The number of anilines is 2. The Hall–Kier alpha value is -1.97. The van der Waals surface area contributed by atoms with Gasteiger partial charge in [-0.1, -0.05) is 0 Å². The van der Waals surface area contributed by atoms with Crippen molar-refractivity contribution in [2.45, 2.75) is 32.7 Å². The van der Waals surface area contributed by atoms with Gasteiger partial charge in [0.05, 0.1) is 6.26 Å². The lowest BCUT2D eigenvalue weighted by molar-refractivity contribution is 0.495. The van der Waals surface area contributed by atoms with Gasteiger partial charge in [-0.25, -0.2) is 4.98 Å². The molecule has 0 fully saturated rings. The van der Waals surface area contributed by atoms with E-state index in [2.05, 4.69) is 29.5 Å². The third kappa shape index (κ3) is 4.32. The summed E-state index contributed by atoms with van der Waals surface area (Å²) < 4.78 is 5.34. The van der Waals surface area contributed by atoms with Crippen molar-refractivity contribution in [1.29, 1.82) is 0 Å². The molecule has 0 aliphatic heterocycles. The molecule has 0 spiro atoms. The fourth-order valence-electron chi connectivity index (χ4n) is 1.97. The smallest absolute Gasteiger partial charge is 0.127 e. The minimum atomic E-state index is 0.391. The highest BCUT2D eigenvalue weighted by molar-refractivity contribution is 5.52. The molecule has 0 aliphatic carbocycles. The van der Waals surface area contributed by atoms with Crippen LogP contribution in [0.2, 0.25) is 0 Å². The Labute approximate surface area is 114 Å². The Bertz CT molecular complexity index is 482. The van der Waals surface area contributed by atoms with Gasteiger partial charge in [-0.05, 0) is 38.5 Å². The van der Waals surface area contributed by atoms with Gasteiger partial charge in [0.1, 0.15) is 11.6 Å². The van der Waals surface area contributed by atoms with Gasteiger partial charge in [-0.2, -0.15) is 0 Å². The molecule has 0 aromatic carbocycles. The number of nitrogens with one attached hydrogen (secondary N) is 2. The lowest BCUT2D eigenvalue weighted by Crippen LogP contribution is -2.16. The predicted molar refractivity (Wildman–Crippen MR) is 78.5 cm³/mol. The molecule has 4 nitrogen and oxygen atoms in total. The molecule has 0 aliphatic rings. The van der Waals surface area contributed by atoms with Crippen LogP contribution in [0.5, 0.6) is 0 Å². The van der Waals surface area contributed by atoms with Crippen molar-refractivity contribution in [3.05, 3.63) is 42.5 Å². The highest BCUT2D eigenvalue weighted by Gasteiger charge is 2.05. The molecule has 102 valence electrons. The maximum Gasteiger partial charge on any atom is 0.127 e. The number of pyridine rings is 1. The number of aryl methyl sites for hydroxylation is 1. The second kappa shape index (κ2) is 6.83. The summed E-state index contributed by atoms with van der Waals surface area (Å²) in [6.07, 6.45) is 5.53. The molecule has 2 heterocycles. The van der Waals surface area contributed by atoms with Crippen molar-refractivity contribution < 1.29 is 4.42 Å². The van der Waals surface area contributed by atoms with Crippen LogP contribution in [0.25, 0.3) is 0 Å². The van der Waals surface area contributed by atoms with Gasteiger partial charge in [0, 0.05) is 37.0 Å². The zero-order valence-electron chi connectivity index (χ0n) is 11.5. The van der Waals surface area contributed by atoms with E-state index in [1.54, 1.807) is 6.26 Å². The molecular weight excluding hydrogens is 238 g/mol. The Morgan fingerprint density at radius 2 is 2.26 bits per heavy atom. The Balaban J connectivity index is 1.84. The molecule has 0 saturated heterocycles. The Morgan fingerprint density at radius 3 is 3.00 bits per heavy atom. The molecule has 19 heavy (non-hydrogen) atoms. The van der Waals surface area contributed by atoms with Gasteiger partial charge in [0.2, 0.25) is 0 Å². The average molecular weight is 259 g/mol. The molecule has 0 radical (unpaired) electrons. The van der Waals surface area contributed by atoms with Crippen LogP contribution in [-0.2, 0) is 6.42 Å². The number of aromatic nitrogens is 1. The van der Waals surface area contributed by atoms with Crippen LogP contribution in [0.1, 0.15) is 26.0 Å². The molecular formula is C15H21N3O. The molecule has 1 unspecified atom stereocenters. The first kappa shape index (κ1) is 13.5. The van der Waals surface area contributed by atoms with Crippen LogP contribution < -0.4 is 10.6 Å². The fraction of sp³-hybridized carbons (Fsp3) is 0.400. The van der Waals surface area contributed by atoms with Crippen molar-refractivity contribution in [1.82, 2.24) is 4.98 Å². The lowest BCUT2D eigenvalue weighted by Gasteiger charge is -2.15. The fourth-order valence-corrected chi connectivity index (χ4v) is 1.97. The maximum atomic E-state index is 5.34. The summed E-state index contributed by atoms with van der Waals surface area (Å²) >= 11 is 0. The van der Waals surface area contributed by atoms with Crippen LogP contribution >= 0.6 is 0 Å². The largest absolute Gasteiger partial charge is 0.469 e. The van der Waals surface area contributed by atoms with Crippen molar-refractivity contribution in [3.8, 4) is 0 Å². The van der Waals surface area contributed by atoms with E-state index >= 15 is 0 Å². The van der Waals surface area contributed by atoms with Gasteiger partial charge in [-0.15, -0.1) is 0 Å². The molecule has 2 N–H and O–H groups in total. The van der Waals surface area contributed by atoms with E-state index < -0.39 is 0 Å². The third-order valence-electron chi connectivity index (χ3n) is 2.93. The van der Waals surface area contributed by atoms with Crippen molar-refractivity contribution >= 4 is 11.5 Å². The molecule has 2 aromatic heterocycles. The quantitative estimate of drug-likeness (QED) is 0.798.